The van der Waals surface area contributed by atoms with Crippen molar-refractivity contribution in [3.05, 3.63) is 42.0 Å². The monoisotopic (exact) mass is 231 g/mol. The zero-order chi connectivity index (χ0) is 12.4. The molecule has 0 aliphatic rings. The van der Waals surface area contributed by atoms with E-state index in [1.54, 1.807) is 36.3 Å². The van der Waals surface area contributed by atoms with Gasteiger partial charge in [0.15, 0.2) is 0 Å². The van der Waals surface area contributed by atoms with E-state index in [4.69, 9.17) is 0 Å². The lowest BCUT2D eigenvalue weighted by Crippen LogP contribution is -2.13. The third-order valence-corrected chi connectivity index (χ3v) is 2.40. The van der Waals surface area contributed by atoms with Gasteiger partial charge in [-0.15, -0.1) is 0 Å². The summed E-state index contributed by atoms with van der Waals surface area (Å²) < 4.78 is 1.71. The summed E-state index contributed by atoms with van der Waals surface area (Å²) in [6.07, 6.45) is 3.21. The number of carbonyl (C=O) groups excluding carboxylic acids is 1. The number of aromatic nitrogens is 2. The molecular weight excluding hydrogens is 218 g/mol. The number of hydrogen-bond donors (Lipinski definition) is 2. The molecule has 0 atom stereocenters. The van der Waals surface area contributed by atoms with Crippen molar-refractivity contribution in [3.63, 3.8) is 0 Å². The van der Waals surface area contributed by atoms with Gasteiger partial charge in [0.1, 0.15) is 11.4 Å². The highest BCUT2D eigenvalue weighted by atomic mass is 16.3. The molecule has 1 heterocycles. The van der Waals surface area contributed by atoms with Crippen LogP contribution >= 0.6 is 0 Å². The molecule has 5 nitrogen and oxygen atoms in total. The normalized spacial score (nSPS) is 10.2. The molecule has 2 N–H and O–H groups in total. The Morgan fingerprint density at radius 3 is 2.82 bits per heavy atom. The topological polar surface area (TPSA) is 67.2 Å². The van der Waals surface area contributed by atoms with Crippen LogP contribution in [0.3, 0.4) is 0 Å². The minimum atomic E-state index is -0.264. The fourth-order valence-electron chi connectivity index (χ4n) is 1.50. The number of anilines is 1. The first-order chi connectivity index (χ1) is 8.06. The molecule has 17 heavy (non-hydrogen) atoms. The smallest absolute Gasteiger partial charge is 0.275 e. The molecule has 0 radical (unpaired) electrons. The van der Waals surface area contributed by atoms with Crippen LogP contribution in [0.15, 0.2) is 30.7 Å². The molecule has 2 rings (SSSR count). The lowest BCUT2D eigenvalue weighted by atomic mass is 10.2. The van der Waals surface area contributed by atoms with Crippen LogP contribution in [0.1, 0.15) is 16.1 Å². The molecule has 1 amide bonds. The number of phenols is 1. The van der Waals surface area contributed by atoms with Gasteiger partial charge in [0.2, 0.25) is 0 Å². The van der Waals surface area contributed by atoms with Crippen LogP contribution in [0.4, 0.5) is 5.69 Å². The Kier molecular flexibility index (Phi) is 2.82. The molecule has 1 aromatic heterocycles. The van der Waals surface area contributed by atoms with E-state index in [-0.39, 0.29) is 11.7 Å². The molecule has 0 saturated heterocycles. The number of aromatic hydroxyl groups is 1. The quantitative estimate of drug-likeness (QED) is 0.773. The summed E-state index contributed by atoms with van der Waals surface area (Å²) in [6, 6.07) is 4.78. The fraction of sp³-hybridized carbons (Fsp3) is 0.167. The minimum Gasteiger partial charge on any atom is -0.508 e. The highest BCUT2D eigenvalue weighted by molar-refractivity contribution is 6.03. The van der Waals surface area contributed by atoms with Gasteiger partial charge < -0.3 is 15.0 Å². The average molecular weight is 231 g/mol. The number of hydrogen-bond acceptors (Lipinski definition) is 3. The summed E-state index contributed by atoms with van der Waals surface area (Å²) in [4.78, 5) is 15.8. The number of benzene rings is 1. The molecule has 1 aromatic carbocycles. The largest absolute Gasteiger partial charge is 0.508 e. The molecule has 2 aromatic rings. The molecule has 0 spiro atoms. The van der Waals surface area contributed by atoms with Gasteiger partial charge >= 0.3 is 0 Å². The third-order valence-electron chi connectivity index (χ3n) is 2.40. The number of rotatable bonds is 2. The first-order valence-electron chi connectivity index (χ1n) is 5.15. The standard InChI is InChI=1S/C12H13N3O2/c1-8-5-9(16)3-4-10(8)14-12(17)11-6-15(2)7-13-11/h3-7,16H,1-2H3,(H,14,17). The zero-order valence-corrected chi connectivity index (χ0v) is 9.64. The van der Waals surface area contributed by atoms with E-state index in [1.807, 2.05) is 6.92 Å². The summed E-state index contributed by atoms with van der Waals surface area (Å²) in [6.45, 7) is 1.81. The second-order valence-corrected chi connectivity index (χ2v) is 3.88. The van der Waals surface area contributed by atoms with Crippen molar-refractivity contribution >= 4 is 11.6 Å². The predicted octanol–water partition coefficient (Wildman–Crippen LogP) is 1.69. The van der Waals surface area contributed by atoms with Gasteiger partial charge in [0, 0.05) is 18.9 Å². The molecule has 88 valence electrons. The molecule has 0 bridgehead atoms. The van der Waals surface area contributed by atoms with Gasteiger partial charge in [-0.3, -0.25) is 4.79 Å². The molecule has 0 aliphatic carbocycles. The maximum Gasteiger partial charge on any atom is 0.275 e. The third kappa shape index (κ3) is 2.44. The van der Waals surface area contributed by atoms with Crippen molar-refractivity contribution in [1.29, 1.82) is 0 Å². The van der Waals surface area contributed by atoms with Crippen LogP contribution in [-0.2, 0) is 7.05 Å². The number of amides is 1. The lowest BCUT2D eigenvalue weighted by Gasteiger charge is -2.07. The number of nitrogens with one attached hydrogen (secondary N) is 1. The van der Waals surface area contributed by atoms with Crippen LogP contribution < -0.4 is 5.32 Å². The van der Waals surface area contributed by atoms with Crippen LogP contribution in [0, 0.1) is 6.92 Å². The molecule has 0 aliphatic heterocycles. The zero-order valence-electron chi connectivity index (χ0n) is 9.64. The van der Waals surface area contributed by atoms with Crippen LogP contribution in [0.2, 0.25) is 0 Å². The van der Waals surface area contributed by atoms with E-state index in [9.17, 15) is 9.90 Å². The molecular formula is C12H13N3O2. The van der Waals surface area contributed by atoms with E-state index < -0.39 is 0 Å². The van der Waals surface area contributed by atoms with Crippen molar-refractivity contribution in [1.82, 2.24) is 9.55 Å². The Morgan fingerprint density at radius 1 is 1.47 bits per heavy atom. The SMILES string of the molecule is Cc1cc(O)ccc1NC(=O)c1cn(C)cn1. The second-order valence-electron chi connectivity index (χ2n) is 3.88. The van der Waals surface area contributed by atoms with E-state index in [0.29, 0.717) is 11.4 Å². The average Bonchev–Trinajstić information content (AvgIpc) is 2.69. The van der Waals surface area contributed by atoms with Crippen LogP contribution in [-0.4, -0.2) is 20.6 Å². The minimum absolute atomic E-state index is 0.179. The second kappa shape index (κ2) is 4.29. The number of nitrogens with zero attached hydrogens (tertiary/aromatic N) is 2. The van der Waals surface area contributed by atoms with E-state index in [0.717, 1.165) is 5.56 Å². The fourth-order valence-corrected chi connectivity index (χ4v) is 1.50. The molecule has 0 saturated carbocycles. The Bertz CT molecular complexity index is 561. The summed E-state index contributed by atoms with van der Waals surface area (Å²) >= 11 is 0. The van der Waals surface area contributed by atoms with Gasteiger partial charge in [-0.2, -0.15) is 0 Å². The first kappa shape index (κ1) is 11.2. The maximum absolute atomic E-state index is 11.8. The number of imidazole rings is 1. The maximum atomic E-state index is 11.8. The van der Waals surface area contributed by atoms with Gasteiger partial charge in [-0.1, -0.05) is 0 Å². The van der Waals surface area contributed by atoms with Crippen molar-refractivity contribution in [2.75, 3.05) is 5.32 Å². The highest BCUT2D eigenvalue weighted by Crippen LogP contribution is 2.20. The van der Waals surface area contributed by atoms with E-state index >= 15 is 0 Å². The Labute approximate surface area is 98.7 Å². The Balaban J connectivity index is 2.18. The van der Waals surface area contributed by atoms with Gasteiger partial charge in [-0.05, 0) is 30.7 Å². The summed E-state index contributed by atoms with van der Waals surface area (Å²) in [5, 5.41) is 12.0. The van der Waals surface area contributed by atoms with Crippen molar-refractivity contribution in [3.8, 4) is 5.75 Å². The summed E-state index contributed by atoms with van der Waals surface area (Å²) in [5.74, 6) is -0.0854. The number of carbonyl (C=O) groups is 1. The number of aryl methyl sites for hydroxylation is 2. The Hall–Kier alpha value is -2.30. The van der Waals surface area contributed by atoms with Gasteiger partial charge in [0.25, 0.3) is 5.91 Å². The number of phenolic OH excluding ortho intramolecular Hbond substituents is 1. The molecule has 0 fully saturated rings. The van der Waals surface area contributed by atoms with E-state index in [1.165, 1.54) is 6.07 Å². The molecule has 0 unspecified atom stereocenters. The summed E-state index contributed by atoms with van der Waals surface area (Å²) in [7, 11) is 1.80. The molecule has 5 heteroatoms. The first-order valence-corrected chi connectivity index (χ1v) is 5.15. The van der Waals surface area contributed by atoms with Gasteiger partial charge in [0.05, 0.1) is 6.33 Å². The van der Waals surface area contributed by atoms with Crippen molar-refractivity contribution in [2.24, 2.45) is 7.05 Å². The van der Waals surface area contributed by atoms with Crippen molar-refractivity contribution < 1.29 is 9.90 Å². The predicted molar refractivity (Wildman–Crippen MR) is 64.0 cm³/mol. The lowest BCUT2D eigenvalue weighted by molar-refractivity contribution is 0.102. The van der Waals surface area contributed by atoms with E-state index in [2.05, 4.69) is 10.3 Å². The van der Waals surface area contributed by atoms with Crippen LogP contribution in [0.25, 0.3) is 0 Å². The highest BCUT2D eigenvalue weighted by Gasteiger charge is 2.10. The Morgan fingerprint density at radius 2 is 2.24 bits per heavy atom. The van der Waals surface area contributed by atoms with Crippen molar-refractivity contribution in [2.45, 2.75) is 6.92 Å². The summed E-state index contributed by atoms with van der Waals surface area (Å²) in [5.41, 5.74) is 1.83. The van der Waals surface area contributed by atoms with Crippen LogP contribution in [0.5, 0.6) is 5.75 Å². The van der Waals surface area contributed by atoms with Gasteiger partial charge in [-0.25, -0.2) is 4.98 Å².